The van der Waals surface area contributed by atoms with Crippen LogP contribution < -0.4 is 9.57 Å². The van der Waals surface area contributed by atoms with Crippen LogP contribution >= 0.6 is 23.4 Å². The van der Waals surface area contributed by atoms with E-state index in [0.29, 0.717) is 27.1 Å². The molecular weight excluding hydrogens is 372 g/mol. The summed E-state index contributed by atoms with van der Waals surface area (Å²) in [6.45, 7) is 3.61. The van der Waals surface area contributed by atoms with Gasteiger partial charge in [-0.05, 0) is 25.0 Å². The topological polar surface area (TPSA) is 49.2 Å². The highest BCUT2D eigenvalue weighted by atomic mass is 35.5. The van der Waals surface area contributed by atoms with Gasteiger partial charge in [0.25, 0.3) is 6.79 Å². The molecule has 4 rings (SSSR count). The number of nitrogens with zero attached hydrogens (tertiary/aromatic N) is 3. The van der Waals surface area contributed by atoms with Crippen molar-refractivity contribution in [1.29, 1.82) is 0 Å². The van der Waals surface area contributed by atoms with E-state index in [1.165, 1.54) is 22.6 Å². The predicted molar refractivity (Wildman–Crippen MR) is 90.0 cm³/mol. The minimum atomic E-state index is -1.07. The minimum absolute atomic E-state index is 0.103. The summed E-state index contributed by atoms with van der Waals surface area (Å²) in [5, 5.41) is 0.954. The zero-order valence-electron chi connectivity index (χ0n) is 13.3. The number of aryl methyl sites for hydroxylation is 1. The van der Waals surface area contributed by atoms with E-state index >= 15 is 0 Å². The Morgan fingerprint density at radius 1 is 1.32 bits per heavy atom. The normalized spacial score (nSPS) is 13.0. The molecule has 0 atom stereocenters. The van der Waals surface area contributed by atoms with Gasteiger partial charge in [-0.2, -0.15) is 9.12 Å². The molecule has 1 aliphatic rings. The predicted octanol–water partition coefficient (Wildman–Crippen LogP) is 4.05. The summed E-state index contributed by atoms with van der Waals surface area (Å²) in [5.41, 5.74) is 2.86. The van der Waals surface area contributed by atoms with Crippen molar-refractivity contribution in [1.82, 2.24) is 14.7 Å². The zero-order chi connectivity index (χ0) is 17.7. The van der Waals surface area contributed by atoms with E-state index < -0.39 is 11.6 Å². The Morgan fingerprint density at radius 3 is 2.92 bits per heavy atom. The maximum absolute atomic E-state index is 14.2. The lowest BCUT2D eigenvalue weighted by Gasteiger charge is -2.10. The summed E-state index contributed by atoms with van der Waals surface area (Å²) in [4.78, 5) is 13.9. The number of thioether (sulfide) groups is 1. The van der Waals surface area contributed by atoms with Crippen molar-refractivity contribution >= 4 is 34.4 Å². The third kappa shape index (κ3) is 2.60. The van der Waals surface area contributed by atoms with Crippen LogP contribution in [-0.2, 0) is 5.75 Å². The summed E-state index contributed by atoms with van der Waals surface area (Å²) in [6, 6.07) is 1.37. The first kappa shape index (κ1) is 16.4. The molecule has 0 unspecified atom stereocenters. The first-order valence-corrected chi connectivity index (χ1v) is 8.73. The Balaban J connectivity index is 1.72. The highest BCUT2D eigenvalue weighted by molar-refractivity contribution is 7.98. The second-order valence-electron chi connectivity index (χ2n) is 5.57. The molecule has 1 aliphatic heterocycles. The van der Waals surface area contributed by atoms with Gasteiger partial charge >= 0.3 is 0 Å². The van der Waals surface area contributed by atoms with E-state index in [9.17, 15) is 8.78 Å². The number of aromatic nitrogens is 3. The number of ether oxygens (including phenoxy) is 1. The Hall–Kier alpha value is -2.06. The molecule has 1 aromatic carbocycles. The van der Waals surface area contributed by atoms with Crippen LogP contribution in [-0.4, -0.2) is 21.5 Å². The number of imidazole rings is 1. The van der Waals surface area contributed by atoms with Crippen LogP contribution in [0.1, 0.15) is 16.8 Å². The largest absolute Gasteiger partial charge is 0.452 e. The lowest BCUT2D eigenvalue weighted by Crippen LogP contribution is -2.16. The number of fused-ring (bicyclic) bond motifs is 1. The molecule has 3 aromatic rings. The Morgan fingerprint density at radius 2 is 2.12 bits per heavy atom. The number of pyridine rings is 1. The molecule has 9 heteroatoms. The van der Waals surface area contributed by atoms with Crippen LogP contribution in [0.15, 0.2) is 17.4 Å². The molecule has 130 valence electrons. The highest BCUT2D eigenvalue weighted by Crippen LogP contribution is 2.34. The second-order valence-corrected chi connectivity index (χ2v) is 6.89. The third-order valence-corrected chi connectivity index (χ3v) is 5.48. The number of hydrogen-bond acceptors (Lipinski definition) is 5. The maximum Gasteiger partial charge on any atom is 0.253 e. The summed E-state index contributed by atoms with van der Waals surface area (Å²) in [5.74, 6) is -1.91. The molecule has 0 aliphatic carbocycles. The molecule has 3 heterocycles. The highest BCUT2D eigenvalue weighted by Gasteiger charge is 2.25. The summed E-state index contributed by atoms with van der Waals surface area (Å²) >= 11 is 7.60. The first-order chi connectivity index (χ1) is 12.0. The molecule has 0 radical (unpaired) electrons. The van der Waals surface area contributed by atoms with Gasteiger partial charge in [-0.25, -0.2) is 9.37 Å². The van der Waals surface area contributed by atoms with Crippen LogP contribution in [0.5, 0.6) is 5.75 Å². The Bertz CT molecular complexity index is 1010. The molecular formula is C16H12ClF2N3O2S. The van der Waals surface area contributed by atoms with Crippen molar-refractivity contribution in [2.24, 2.45) is 0 Å². The standard InChI is InChI=1S/C16H12ClF2N3O2S/c1-7-4-20-9(12(17)8(7)2)5-25-16-21-15-10-3-11(13(18)14(15)19)23-6-24-22(10)16/h3-4H,5-6H2,1-2H3. The number of hydrogen-bond donors (Lipinski definition) is 0. The molecule has 0 N–H and O–H groups in total. The minimum Gasteiger partial charge on any atom is -0.452 e. The van der Waals surface area contributed by atoms with E-state index in [1.54, 1.807) is 6.20 Å². The molecule has 0 amide bonds. The van der Waals surface area contributed by atoms with Crippen molar-refractivity contribution in [3.8, 4) is 5.75 Å². The van der Waals surface area contributed by atoms with E-state index in [1.807, 2.05) is 13.8 Å². The lowest BCUT2D eigenvalue weighted by atomic mass is 10.1. The quantitative estimate of drug-likeness (QED) is 0.638. The summed E-state index contributed by atoms with van der Waals surface area (Å²) < 4.78 is 34.5. The molecule has 0 saturated carbocycles. The van der Waals surface area contributed by atoms with Gasteiger partial charge in [-0.3, -0.25) is 4.98 Å². The number of benzene rings is 1. The molecule has 2 bridgehead atoms. The number of halogens is 3. The van der Waals surface area contributed by atoms with E-state index in [4.69, 9.17) is 21.2 Å². The van der Waals surface area contributed by atoms with Gasteiger partial charge in [-0.15, -0.1) is 0 Å². The fraction of sp³-hybridized carbons (Fsp3) is 0.250. The van der Waals surface area contributed by atoms with Crippen LogP contribution in [0, 0.1) is 25.5 Å². The van der Waals surface area contributed by atoms with Gasteiger partial charge in [-0.1, -0.05) is 23.4 Å². The van der Waals surface area contributed by atoms with E-state index in [-0.39, 0.29) is 18.1 Å². The smallest absolute Gasteiger partial charge is 0.253 e. The molecule has 0 fully saturated rings. The van der Waals surface area contributed by atoms with Crippen molar-refractivity contribution in [3.05, 3.63) is 45.7 Å². The lowest BCUT2D eigenvalue weighted by molar-refractivity contribution is 0.000501. The monoisotopic (exact) mass is 383 g/mol. The molecule has 5 nitrogen and oxygen atoms in total. The SMILES string of the molecule is Cc1cnc(CSc2nc3c(F)c(F)c4cc3n2OCO4)c(Cl)c1C. The zero-order valence-corrected chi connectivity index (χ0v) is 14.8. The average molecular weight is 384 g/mol. The molecule has 0 saturated heterocycles. The van der Waals surface area contributed by atoms with Crippen LogP contribution in [0.25, 0.3) is 11.0 Å². The number of rotatable bonds is 3. The van der Waals surface area contributed by atoms with Crippen molar-refractivity contribution in [2.75, 3.05) is 6.79 Å². The Kier molecular flexibility index (Phi) is 3.96. The van der Waals surface area contributed by atoms with Gasteiger partial charge in [0.05, 0.1) is 10.7 Å². The van der Waals surface area contributed by atoms with Crippen LogP contribution in [0.4, 0.5) is 8.78 Å². The summed E-state index contributed by atoms with van der Waals surface area (Å²) in [7, 11) is 0. The molecule has 0 spiro atoms. The molecule has 2 aromatic heterocycles. The first-order valence-electron chi connectivity index (χ1n) is 7.37. The van der Waals surface area contributed by atoms with Gasteiger partial charge in [0.15, 0.2) is 11.6 Å². The molecule has 25 heavy (non-hydrogen) atoms. The second kappa shape index (κ2) is 6.03. The van der Waals surface area contributed by atoms with Crippen molar-refractivity contribution in [3.63, 3.8) is 0 Å². The third-order valence-electron chi connectivity index (χ3n) is 4.05. The van der Waals surface area contributed by atoms with Crippen molar-refractivity contribution in [2.45, 2.75) is 24.8 Å². The fourth-order valence-electron chi connectivity index (χ4n) is 2.50. The van der Waals surface area contributed by atoms with E-state index in [0.717, 1.165) is 11.1 Å². The fourth-order valence-corrected chi connectivity index (χ4v) is 3.75. The van der Waals surface area contributed by atoms with Gasteiger partial charge in [0, 0.05) is 18.0 Å². The van der Waals surface area contributed by atoms with E-state index in [2.05, 4.69) is 9.97 Å². The Labute approximate surface area is 150 Å². The van der Waals surface area contributed by atoms with Gasteiger partial charge in [0.2, 0.25) is 11.0 Å². The van der Waals surface area contributed by atoms with Crippen molar-refractivity contribution < 1.29 is 18.4 Å². The van der Waals surface area contributed by atoms with Gasteiger partial charge < -0.3 is 9.57 Å². The maximum atomic E-state index is 14.2. The van der Waals surface area contributed by atoms with Gasteiger partial charge in [0.1, 0.15) is 11.0 Å². The average Bonchev–Trinajstić information content (AvgIpc) is 2.82. The van der Waals surface area contributed by atoms with Crippen LogP contribution in [0.3, 0.4) is 0 Å². The summed E-state index contributed by atoms with van der Waals surface area (Å²) in [6.07, 6.45) is 1.75. The van der Waals surface area contributed by atoms with Crippen LogP contribution in [0.2, 0.25) is 5.02 Å².